The van der Waals surface area contributed by atoms with Crippen molar-refractivity contribution in [3.05, 3.63) is 315 Å². The molecule has 0 spiro atoms. The molecule has 0 N–H and O–H groups in total. The van der Waals surface area contributed by atoms with Gasteiger partial charge in [-0.05, 0) is 172 Å². The van der Waals surface area contributed by atoms with Crippen LogP contribution >= 0.6 is 0 Å². The van der Waals surface area contributed by atoms with Crippen LogP contribution in [-0.2, 0) is 0 Å². The van der Waals surface area contributed by atoms with Crippen LogP contribution in [0.4, 0.5) is 17.1 Å². The molecule has 2 nitrogen and oxygen atoms in total. The van der Waals surface area contributed by atoms with Crippen LogP contribution in [0, 0.1) is 0 Å². The van der Waals surface area contributed by atoms with Crippen molar-refractivity contribution < 1.29 is 0 Å². The van der Waals surface area contributed by atoms with Crippen LogP contribution < -0.4 is 4.90 Å². The molecule has 0 aliphatic rings. The molecule has 0 aliphatic carbocycles. The summed E-state index contributed by atoms with van der Waals surface area (Å²) in [6.45, 7) is 0. The summed E-state index contributed by atoms with van der Waals surface area (Å²) in [4.78, 5) is 2.36. The molecular weight excluding hydrogens is 965 g/mol. The van der Waals surface area contributed by atoms with Crippen LogP contribution in [0.2, 0.25) is 0 Å². The highest BCUT2D eigenvalue weighted by Crippen LogP contribution is 2.41. The lowest BCUT2D eigenvalue weighted by atomic mass is 9.92. The maximum absolute atomic E-state index is 2.37. The minimum atomic E-state index is 1.08. The highest BCUT2D eigenvalue weighted by Gasteiger charge is 2.17. The first-order chi connectivity index (χ1) is 39.6. The number of aromatic nitrogens is 1. The highest BCUT2D eigenvalue weighted by molar-refractivity contribution is 6.25. The number of hydrogen-bond acceptors (Lipinski definition) is 1. The number of hydrogen-bond donors (Lipinski definition) is 0. The summed E-state index contributed by atoms with van der Waals surface area (Å²) >= 11 is 0. The molecule has 0 aliphatic heterocycles. The number of fused-ring (bicyclic) bond motifs is 9. The third-order valence-electron chi connectivity index (χ3n) is 16.2. The minimum Gasteiger partial charge on any atom is -0.311 e. The Hall–Kier alpha value is -10.5. The van der Waals surface area contributed by atoms with Gasteiger partial charge < -0.3 is 9.47 Å². The van der Waals surface area contributed by atoms with E-state index in [4.69, 9.17) is 0 Å². The van der Waals surface area contributed by atoms with E-state index in [1.807, 2.05) is 0 Å². The molecule has 374 valence electrons. The van der Waals surface area contributed by atoms with E-state index >= 15 is 0 Å². The molecule has 0 radical (unpaired) electrons. The molecule has 0 saturated heterocycles. The van der Waals surface area contributed by atoms with Crippen LogP contribution in [0.5, 0.6) is 0 Å². The Morgan fingerprint density at radius 1 is 0.175 bits per heavy atom. The molecule has 80 heavy (non-hydrogen) atoms. The van der Waals surface area contributed by atoms with Crippen molar-refractivity contribution in [3.63, 3.8) is 0 Å². The van der Waals surface area contributed by atoms with Gasteiger partial charge in [0, 0.05) is 33.5 Å². The Morgan fingerprint density at radius 2 is 0.450 bits per heavy atom. The van der Waals surface area contributed by atoms with Gasteiger partial charge in [-0.2, -0.15) is 0 Å². The fourth-order valence-electron chi connectivity index (χ4n) is 12.1. The maximum atomic E-state index is 2.37. The molecule has 0 unspecified atom stereocenters. The van der Waals surface area contributed by atoms with Gasteiger partial charge in [0.2, 0.25) is 0 Å². The quantitative estimate of drug-likeness (QED) is 0.124. The minimum absolute atomic E-state index is 1.08. The van der Waals surface area contributed by atoms with Crippen LogP contribution in [0.3, 0.4) is 0 Å². The van der Waals surface area contributed by atoms with Crippen LogP contribution in [-0.4, -0.2) is 4.57 Å². The van der Waals surface area contributed by atoms with Crippen molar-refractivity contribution in [2.45, 2.75) is 0 Å². The van der Waals surface area contributed by atoms with Crippen LogP contribution in [0.15, 0.2) is 315 Å². The zero-order valence-corrected chi connectivity index (χ0v) is 43.9. The van der Waals surface area contributed by atoms with E-state index in [0.29, 0.717) is 0 Å². The second kappa shape index (κ2) is 19.8. The number of nitrogens with zero attached hydrogens (tertiary/aromatic N) is 2. The summed E-state index contributed by atoms with van der Waals surface area (Å²) in [6.07, 6.45) is 0. The molecule has 2 heteroatoms. The van der Waals surface area contributed by atoms with Gasteiger partial charge in [-0.25, -0.2) is 0 Å². The molecule has 0 atom stereocenters. The predicted octanol–water partition coefficient (Wildman–Crippen LogP) is 21.7. The summed E-state index contributed by atoms with van der Waals surface area (Å²) in [5.74, 6) is 0. The Morgan fingerprint density at radius 3 is 0.887 bits per heavy atom. The lowest BCUT2D eigenvalue weighted by molar-refractivity contribution is 1.18. The first-order valence-electron chi connectivity index (χ1n) is 27.5. The third kappa shape index (κ3) is 8.39. The summed E-state index contributed by atoms with van der Waals surface area (Å²) in [7, 11) is 0. The summed E-state index contributed by atoms with van der Waals surface area (Å²) in [6, 6.07) is 115. The molecule has 15 aromatic rings. The van der Waals surface area contributed by atoms with E-state index in [2.05, 4.69) is 325 Å². The Bertz CT molecular complexity index is 4700. The SMILES string of the molecule is c1ccc(-c2ccc(-c3ccc(N(c4ccc(-c5ccc(-c6ccc7c8ccccc8c8ccccc8c7c6)cc5)cc4)c4ccc(-c5ccc(-c6ccc7c(c6)c6ccccc6n7-c6ccccc6)cc5)cc4)cc3)cc2)cc1. The van der Waals surface area contributed by atoms with Gasteiger partial charge in [0.25, 0.3) is 0 Å². The first kappa shape index (κ1) is 46.7. The number of para-hydroxylation sites is 2. The van der Waals surface area contributed by atoms with Crippen molar-refractivity contribution in [2.75, 3.05) is 4.90 Å². The topological polar surface area (TPSA) is 8.17 Å². The molecule has 1 heterocycles. The van der Waals surface area contributed by atoms with Crippen LogP contribution in [0.1, 0.15) is 0 Å². The summed E-state index contributed by atoms with van der Waals surface area (Å²) in [5, 5.41) is 10.2. The highest BCUT2D eigenvalue weighted by atomic mass is 15.1. The van der Waals surface area contributed by atoms with Crippen molar-refractivity contribution in [1.82, 2.24) is 4.57 Å². The second-order valence-corrected chi connectivity index (χ2v) is 20.8. The Kier molecular flexibility index (Phi) is 11.6. The van der Waals surface area contributed by atoms with E-state index in [1.54, 1.807) is 0 Å². The van der Waals surface area contributed by atoms with Gasteiger partial charge >= 0.3 is 0 Å². The number of anilines is 3. The van der Waals surface area contributed by atoms with Crippen molar-refractivity contribution in [1.29, 1.82) is 0 Å². The Balaban J connectivity index is 0.727. The van der Waals surface area contributed by atoms with Crippen molar-refractivity contribution in [3.8, 4) is 72.4 Å². The maximum Gasteiger partial charge on any atom is 0.0541 e. The van der Waals surface area contributed by atoms with E-state index < -0.39 is 0 Å². The van der Waals surface area contributed by atoms with Gasteiger partial charge in [-0.15, -0.1) is 0 Å². The lowest BCUT2D eigenvalue weighted by Crippen LogP contribution is -2.09. The monoisotopic (exact) mass is 1020 g/mol. The average molecular weight is 1020 g/mol. The fraction of sp³-hybridized carbons (Fsp3) is 0. The molecular formula is C78H52N2. The van der Waals surface area contributed by atoms with Crippen molar-refractivity contribution >= 4 is 71.2 Å². The van der Waals surface area contributed by atoms with Crippen molar-refractivity contribution in [2.24, 2.45) is 0 Å². The molecule has 0 amide bonds. The average Bonchev–Trinajstić information content (AvgIpc) is 3.91. The van der Waals surface area contributed by atoms with E-state index in [1.165, 1.54) is 127 Å². The normalized spacial score (nSPS) is 11.5. The zero-order chi connectivity index (χ0) is 52.9. The fourth-order valence-corrected chi connectivity index (χ4v) is 12.1. The van der Waals surface area contributed by atoms with E-state index in [9.17, 15) is 0 Å². The molecule has 15 rings (SSSR count). The smallest absolute Gasteiger partial charge is 0.0541 e. The molecule has 0 saturated carbocycles. The summed E-state index contributed by atoms with van der Waals surface area (Å²) in [5.41, 5.74) is 21.1. The standard InChI is InChI=1S/C78H52N2/c1-3-13-53(14-4-1)54-23-25-55(26-24-54)58-35-43-66(44-36-58)79(67-45-37-59(38-46-67)56-27-31-61(32-28-56)63-41-49-73-71-19-8-7-17-69(71)70-18-9-10-20-72(70)75(73)51-63)68-47-39-60(40-48-68)57-29-33-62(34-30-57)64-42-50-78-76(52-64)74-21-11-12-22-77(74)80(78)65-15-5-2-6-16-65/h1-52H. The molecule has 0 bridgehead atoms. The lowest BCUT2D eigenvalue weighted by Gasteiger charge is -2.26. The largest absolute Gasteiger partial charge is 0.311 e. The van der Waals surface area contributed by atoms with E-state index in [0.717, 1.165) is 17.1 Å². The van der Waals surface area contributed by atoms with Gasteiger partial charge in [0.05, 0.1) is 11.0 Å². The number of rotatable bonds is 10. The van der Waals surface area contributed by atoms with Gasteiger partial charge in [-0.1, -0.05) is 243 Å². The Labute approximate surface area is 466 Å². The van der Waals surface area contributed by atoms with E-state index in [-0.39, 0.29) is 0 Å². The predicted molar refractivity (Wildman–Crippen MR) is 341 cm³/mol. The van der Waals surface area contributed by atoms with Crippen LogP contribution in [0.25, 0.3) is 127 Å². The zero-order valence-electron chi connectivity index (χ0n) is 43.9. The summed E-state index contributed by atoms with van der Waals surface area (Å²) < 4.78 is 2.37. The van der Waals surface area contributed by atoms with Gasteiger partial charge in [-0.3, -0.25) is 0 Å². The second-order valence-electron chi connectivity index (χ2n) is 20.8. The molecule has 0 fully saturated rings. The first-order valence-corrected chi connectivity index (χ1v) is 27.5. The molecule has 14 aromatic carbocycles. The third-order valence-corrected chi connectivity index (χ3v) is 16.2. The van der Waals surface area contributed by atoms with Gasteiger partial charge in [0.1, 0.15) is 0 Å². The molecule has 1 aromatic heterocycles. The van der Waals surface area contributed by atoms with Gasteiger partial charge in [0.15, 0.2) is 0 Å². The number of benzene rings is 14.